The van der Waals surface area contributed by atoms with E-state index in [0.29, 0.717) is 28.1 Å². The van der Waals surface area contributed by atoms with Crippen molar-refractivity contribution in [3.05, 3.63) is 130 Å². The number of benzene rings is 3. The van der Waals surface area contributed by atoms with Crippen LogP contribution < -0.4 is 4.74 Å². The fraction of sp³-hybridized carbons (Fsp3) is 0.125. The molecule has 0 aliphatic rings. The topological polar surface area (TPSA) is 103 Å². The number of carboxylic acids is 1. The summed E-state index contributed by atoms with van der Waals surface area (Å²) in [6.45, 7) is 1.87. The molecule has 3 heterocycles. The average Bonchev–Trinajstić information content (AvgIpc) is 3.62. The van der Waals surface area contributed by atoms with Crippen LogP contribution in [-0.2, 0) is 19.6 Å². The Morgan fingerprint density at radius 3 is 2.49 bits per heavy atom. The highest BCUT2D eigenvalue weighted by molar-refractivity contribution is 5.92. The minimum atomic E-state index is -1.12. The first-order chi connectivity index (χ1) is 20.7. The molecule has 6 aromatic rings. The Labute approximate surface area is 243 Å². The lowest BCUT2D eigenvalue weighted by Crippen LogP contribution is -2.09. The van der Waals surface area contributed by atoms with Crippen molar-refractivity contribution in [2.45, 2.75) is 26.5 Å². The third-order valence-electron chi connectivity index (χ3n) is 6.96. The second-order valence-corrected chi connectivity index (χ2v) is 9.95. The largest absolute Gasteiger partial charge is 0.478 e. The fourth-order valence-electron chi connectivity index (χ4n) is 4.75. The van der Waals surface area contributed by atoms with Crippen molar-refractivity contribution in [1.29, 1.82) is 0 Å². The van der Waals surface area contributed by atoms with Crippen LogP contribution in [0.4, 0.5) is 13.2 Å². The van der Waals surface area contributed by atoms with Crippen molar-refractivity contribution < 1.29 is 32.3 Å². The lowest BCUT2D eigenvalue weighted by atomic mass is 10.0. The molecule has 43 heavy (non-hydrogen) atoms. The summed E-state index contributed by atoms with van der Waals surface area (Å²) in [4.78, 5) is 20.5. The van der Waals surface area contributed by atoms with Gasteiger partial charge in [-0.1, -0.05) is 23.4 Å². The number of rotatable bonds is 9. The van der Waals surface area contributed by atoms with E-state index in [1.54, 1.807) is 54.0 Å². The van der Waals surface area contributed by atoms with Crippen LogP contribution in [0.5, 0.6) is 5.88 Å². The van der Waals surface area contributed by atoms with Crippen LogP contribution in [0.3, 0.4) is 0 Å². The Hall–Kier alpha value is -5.45. The van der Waals surface area contributed by atoms with Gasteiger partial charge in [-0.3, -0.25) is 0 Å². The van der Waals surface area contributed by atoms with E-state index in [4.69, 9.17) is 9.26 Å². The second kappa shape index (κ2) is 11.4. The van der Waals surface area contributed by atoms with Crippen molar-refractivity contribution in [3.8, 4) is 17.1 Å². The van der Waals surface area contributed by atoms with Gasteiger partial charge < -0.3 is 18.9 Å². The molecule has 6 rings (SSSR count). The SMILES string of the molecule is Cc1ccc(COc2cccc(-c3cc(F)c(Cc4nc5ccc(C(=O)O)cc5n4Cc4ccon4)c(F)c3)n2)c(F)c1. The quantitative estimate of drug-likeness (QED) is 0.201. The minimum absolute atomic E-state index is 0.0461. The maximum Gasteiger partial charge on any atom is 0.335 e. The van der Waals surface area contributed by atoms with Gasteiger partial charge in [0.2, 0.25) is 5.88 Å². The summed E-state index contributed by atoms with van der Waals surface area (Å²) in [5, 5.41) is 13.4. The maximum atomic E-state index is 15.5. The molecular weight excluding hydrogens is 561 g/mol. The van der Waals surface area contributed by atoms with Crippen LogP contribution in [0.2, 0.25) is 0 Å². The molecule has 0 atom stereocenters. The van der Waals surface area contributed by atoms with E-state index in [-0.39, 0.29) is 47.8 Å². The molecule has 0 aliphatic heterocycles. The highest BCUT2D eigenvalue weighted by Crippen LogP contribution is 2.28. The number of aryl methyl sites for hydroxylation is 1. The summed E-state index contributed by atoms with van der Waals surface area (Å²) < 4.78 is 57.4. The van der Waals surface area contributed by atoms with E-state index in [2.05, 4.69) is 15.1 Å². The zero-order chi connectivity index (χ0) is 30.1. The molecule has 3 aromatic carbocycles. The van der Waals surface area contributed by atoms with Crippen LogP contribution in [0.25, 0.3) is 22.3 Å². The van der Waals surface area contributed by atoms with Gasteiger partial charge in [-0.2, -0.15) is 0 Å². The average molecular weight is 585 g/mol. The number of aromatic nitrogens is 4. The highest BCUT2D eigenvalue weighted by atomic mass is 19.1. The van der Waals surface area contributed by atoms with Gasteiger partial charge in [-0.15, -0.1) is 0 Å². The first-order valence-corrected chi connectivity index (χ1v) is 13.2. The molecular formula is C32H23F3N4O4. The normalized spacial score (nSPS) is 11.3. The van der Waals surface area contributed by atoms with E-state index in [1.165, 1.54) is 36.6 Å². The Morgan fingerprint density at radius 1 is 0.953 bits per heavy atom. The van der Waals surface area contributed by atoms with Crippen LogP contribution in [0.1, 0.15) is 38.6 Å². The number of carboxylic acid groups (broad SMARTS) is 1. The van der Waals surface area contributed by atoms with Crippen molar-refractivity contribution in [2.75, 3.05) is 0 Å². The Morgan fingerprint density at radius 2 is 1.77 bits per heavy atom. The lowest BCUT2D eigenvalue weighted by molar-refractivity contribution is 0.0697. The number of ether oxygens (including phenoxy) is 1. The predicted octanol–water partition coefficient (Wildman–Crippen LogP) is 6.73. The van der Waals surface area contributed by atoms with E-state index < -0.39 is 23.4 Å². The van der Waals surface area contributed by atoms with Crippen LogP contribution >= 0.6 is 0 Å². The molecule has 0 amide bonds. The highest BCUT2D eigenvalue weighted by Gasteiger charge is 2.20. The smallest absolute Gasteiger partial charge is 0.335 e. The molecule has 0 aliphatic carbocycles. The standard InChI is InChI=1S/C32H23F3N4O4/c1-18-5-6-20(24(33)11-18)17-42-31-4-2-3-27(37-31)21-12-25(34)23(26(35)13-21)15-30-36-28-8-7-19(32(40)41)14-29(28)39(30)16-22-9-10-43-38-22/h2-14H,15-17H2,1H3,(H,40,41). The van der Waals surface area contributed by atoms with E-state index in [0.717, 1.165) is 5.56 Å². The summed E-state index contributed by atoms with van der Waals surface area (Å²) in [7, 11) is 0. The zero-order valence-corrected chi connectivity index (χ0v) is 22.7. The monoisotopic (exact) mass is 584 g/mol. The predicted molar refractivity (Wildman–Crippen MR) is 150 cm³/mol. The second-order valence-electron chi connectivity index (χ2n) is 9.95. The summed E-state index contributed by atoms with van der Waals surface area (Å²) >= 11 is 0. The first-order valence-electron chi connectivity index (χ1n) is 13.2. The number of aromatic carboxylic acids is 1. The van der Waals surface area contributed by atoms with Gasteiger partial charge >= 0.3 is 5.97 Å². The fourth-order valence-corrected chi connectivity index (χ4v) is 4.75. The van der Waals surface area contributed by atoms with Gasteiger partial charge in [0.15, 0.2) is 0 Å². The molecule has 0 saturated carbocycles. The third-order valence-corrected chi connectivity index (χ3v) is 6.96. The van der Waals surface area contributed by atoms with Gasteiger partial charge in [0.25, 0.3) is 0 Å². The Bertz CT molecular complexity index is 1950. The molecule has 11 heteroatoms. The number of hydrogen-bond donors (Lipinski definition) is 1. The minimum Gasteiger partial charge on any atom is -0.478 e. The number of hydrogen-bond acceptors (Lipinski definition) is 6. The van der Waals surface area contributed by atoms with Crippen LogP contribution in [0.15, 0.2) is 83.6 Å². The first kappa shape index (κ1) is 27.7. The number of halogens is 3. The van der Waals surface area contributed by atoms with Crippen molar-refractivity contribution >= 4 is 17.0 Å². The molecule has 0 bridgehead atoms. The number of nitrogens with zero attached hydrogens (tertiary/aromatic N) is 4. The maximum absolute atomic E-state index is 15.5. The lowest BCUT2D eigenvalue weighted by Gasteiger charge is -2.12. The third kappa shape index (κ3) is 5.82. The summed E-state index contributed by atoms with van der Waals surface area (Å²) in [5.74, 6) is -2.65. The van der Waals surface area contributed by atoms with E-state index in [1.807, 2.05) is 0 Å². The van der Waals surface area contributed by atoms with Crippen molar-refractivity contribution in [2.24, 2.45) is 0 Å². The zero-order valence-electron chi connectivity index (χ0n) is 22.7. The van der Waals surface area contributed by atoms with Gasteiger partial charge in [0.05, 0.1) is 28.8 Å². The molecule has 8 nitrogen and oxygen atoms in total. The number of pyridine rings is 1. The summed E-state index contributed by atoms with van der Waals surface area (Å²) in [5.41, 5.74) is 2.89. The van der Waals surface area contributed by atoms with Crippen molar-refractivity contribution in [3.63, 3.8) is 0 Å². The summed E-state index contributed by atoms with van der Waals surface area (Å²) in [6, 6.07) is 18.0. The molecule has 0 saturated heterocycles. The molecule has 1 N–H and O–H groups in total. The number of carbonyl (C=O) groups is 1. The molecule has 0 fully saturated rings. The van der Waals surface area contributed by atoms with Crippen LogP contribution in [-0.4, -0.2) is 30.8 Å². The number of imidazole rings is 1. The van der Waals surface area contributed by atoms with Gasteiger partial charge in [0, 0.05) is 35.2 Å². The van der Waals surface area contributed by atoms with Gasteiger partial charge in [-0.25, -0.2) is 27.9 Å². The van der Waals surface area contributed by atoms with Gasteiger partial charge in [-0.05, 0) is 55.0 Å². The van der Waals surface area contributed by atoms with E-state index >= 15 is 8.78 Å². The van der Waals surface area contributed by atoms with Crippen LogP contribution in [0, 0.1) is 24.4 Å². The van der Waals surface area contributed by atoms with E-state index in [9.17, 15) is 14.3 Å². The number of fused-ring (bicyclic) bond motifs is 1. The molecule has 216 valence electrons. The molecule has 0 radical (unpaired) electrons. The summed E-state index contributed by atoms with van der Waals surface area (Å²) in [6.07, 6.45) is 1.18. The Balaban J connectivity index is 1.29. The Kier molecular flexibility index (Phi) is 7.37. The molecule has 3 aromatic heterocycles. The molecule has 0 spiro atoms. The molecule has 0 unspecified atom stereocenters. The van der Waals surface area contributed by atoms with Gasteiger partial charge in [0.1, 0.15) is 41.8 Å². The van der Waals surface area contributed by atoms with Crippen molar-refractivity contribution in [1.82, 2.24) is 19.7 Å².